The molecule has 1 fully saturated rings. The molecule has 0 saturated carbocycles. The van der Waals surface area contributed by atoms with Crippen molar-refractivity contribution in [2.24, 2.45) is 0 Å². The Labute approximate surface area is 138 Å². The molecule has 23 heavy (non-hydrogen) atoms. The maximum Gasteiger partial charge on any atom is 0.254 e. The van der Waals surface area contributed by atoms with Crippen LogP contribution in [0.1, 0.15) is 35.4 Å². The number of carbonyl (C=O) groups is 1. The highest BCUT2D eigenvalue weighted by molar-refractivity contribution is 7.08. The van der Waals surface area contributed by atoms with Crippen LogP contribution in [-0.2, 0) is 6.54 Å². The van der Waals surface area contributed by atoms with Gasteiger partial charge in [0.2, 0.25) is 0 Å². The SMILES string of the molecule is CCn1c([C@@H]2CCN(C(=O)c3ccsc3)C2)nc2cccnc21. The molecule has 0 aromatic carbocycles. The lowest BCUT2D eigenvalue weighted by atomic mass is 10.1. The second kappa shape index (κ2) is 5.77. The zero-order valence-electron chi connectivity index (χ0n) is 13.0. The van der Waals surface area contributed by atoms with Crippen LogP contribution in [0.4, 0.5) is 0 Å². The summed E-state index contributed by atoms with van der Waals surface area (Å²) in [6.07, 6.45) is 2.76. The number of amides is 1. The van der Waals surface area contributed by atoms with Crippen LogP contribution >= 0.6 is 11.3 Å². The van der Waals surface area contributed by atoms with Crippen molar-refractivity contribution in [3.05, 3.63) is 46.5 Å². The monoisotopic (exact) mass is 326 g/mol. The third kappa shape index (κ3) is 2.43. The maximum atomic E-state index is 12.5. The normalized spacial score (nSPS) is 18.0. The van der Waals surface area contributed by atoms with E-state index in [9.17, 15) is 4.79 Å². The topological polar surface area (TPSA) is 51.0 Å². The number of likely N-dealkylation sites (tertiary alicyclic amines) is 1. The van der Waals surface area contributed by atoms with E-state index in [1.54, 1.807) is 17.5 Å². The molecular weight excluding hydrogens is 308 g/mol. The highest BCUT2D eigenvalue weighted by Crippen LogP contribution is 2.30. The first-order valence-corrected chi connectivity index (χ1v) is 8.85. The summed E-state index contributed by atoms with van der Waals surface area (Å²) in [6.45, 7) is 4.48. The molecular formula is C17H18N4OS. The Hall–Kier alpha value is -2.21. The van der Waals surface area contributed by atoms with Crippen LogP contribution in [0.3, 0.4) is 0 Å². The molecule has 1 aliphatic rings. The molecule has 0 spiro atoms. The quantitative estimate of drug-likeness (QED) is 0.743. The van der Waals surface area contributed by atoms with Crippen molar-refractivity contribution in [3.63, 3.8) is 0 Å². The van der Waals surface area contributed by atoms with Crippen molar-refractivity contribution in [3.8, 4) is 0 Å². The minimum atomic E-state index is 0.131. The van der Waals surface area contributed by atoms with Gasteiger partial charge in [0, 0.05) is 37.1 Å². The molecule has 118 valence electrons. The molecule has 6 heteroatoms. The van der Waals surface area contributed by atoms with Gasteiger partial charge >= 0.3 is 0 Å². The highest BCUT2D eigenvalue weighted by atomic mass is 32.1. The fraction of sp³-hybridized carbons (Fsp3) is 0.353. The zero-order valence-corrected chi connectivity index (χ0v) is 13.8. The van der Waals surface area contributed by atoms with Crippen LogP contribution in [0.5, 0.6) is 0 Å². The van der Waals surface area contributed by atoms with E-state index in [1.807, 2.05) is 33.9 Å². The molecule has 1 saturated heterocycles. The van der Waals surface area contributed by atoms with Gasteiger partial charge in [-0.3, -0.25) is 4.79 Å². The van der Waals surface area contributed by atoms with Gasteiger partial charge in [0.25, 0.3) is 5.91 Å². The summed E-state index contributed by atoms with van der Waals surface area (Å²) in [4.78, 5) is 23.7. The van der Waals surface area contributed by atoms with Crippen LogP contribution in [-0.4, -0.2) is 38.4 Å². The fourth-order valence-corrected chi connectivity index (χ4v) is 3.95. The molecule has 4 rings (SSSR count). The van der Waals surface area contributed by atoms with Crippen LogP contribution in [0, 0.1) is 0 Å². The van der Waals surface area contributed by atoms with E-state index in [0.717, 1.165) is 48.6 Å². The number of hydrogen-bond acceptors (Lipinski definition) is 4. The summed E-state index contributed by atoms with van der Waals surface area (Å²) >= 11 is 1.56. The van der Waals surface area contributed by atoms with Gasteiger partial charge in [0.1, 0.15) is 11.3 Å². The number of imidazole rings is 1. The molecule has 5 nitrogen and oxygen atoms in total. The smallest absolute Gasteiger partial charge is 0.254 e. The molecule has 3 aromatic rings. The Balaban J connectivity index is 1.61. The molecule has 1 atom stereocenters. The number of fused-ring (bicyclic) bond motifs is 1. The third-order valence-electron chi connectivity index (χ3n) is 4.46. The number of pyridine rings is 1. The van der Waals surface area contributed by atoms with Gasteiger partial charge in [-0.1, -0.05) is 0 Å². The molecule has 1 amide bonds. The van der Waals surface area contributed by atoms with E-state index < -0.39 is 0 Å². The Morgan fingerprint density at radius 2 is 2.35 bits per heavy atom. The minimum Gasteiger partial charge on any atom is -0.338 e. The molecule has 0 unspecified atom stereocenters. The predicted octanol–water partition coefficient (Wildman–Crippen LogP) is 3.14. The Morgan fingerprint density at radius 1 is 1.43 bits per heavy atom. The van der Waals surface area contributed by atoms with Crippen LogP contribution in [0.2, 0.25) is 0 Å². The van der Waals surface area contributed by atoms with Gasteiger partial charge in [-0.05, 0) is 36.9 Å². The van der Waals surface area contributed by atoms with E-state index in [4.69, 9.17) is 4.98 Å². The molecule has 0 bridgehead atoms. The largest absolute Gasteiger partial charge is 0.338 e. The Morgan fingerprint density at radius 3 is 3.13 bits per heavy atom. The minimum absolute atomic E-state index is 0.131. The van der Waals surface area contributed by atoms with E-state index in [1.165, 1.54) is 0 Å². The van der Waals surface area contributed by atoms with E-state index >= 15 is 0 Å². The molecule has 1 aliphatic heterocycles. The Kier molecular flexibility index (Phi) is 3.61. The van der Waals surface area contributed by atoms with Crippen molar-refractivity contribution in [2.75, 3.05) is 13.1 Å². The van der Waals surface area contributed by atoms with Gasteiger partial charge in [0.05, 0.1) is 5.56 Å². The average molecular weight is 326 g/mol. The lowest BCUT2D eigenvalue weighted by molar-refractivity contribution is 0.0791. The van der Waals surface area contributed by atoms with E-state index in [0.29, 0.717) is 0 Å². The summed E-state index contributed by atoms with van der Waals surface area (Å²) in [6, 6.07) is 5.81. The maximum absolute atomic E-state index is 12.5. The molecule has 0 N–H and O–H groups in total. The number of aryl methyl sites for hydroxylation is 1. The van der Waals surface area contributed by atoms with Crippen molar-refractivity contribution in [1.29, 1.82) is 0 Å². The van der Waals surface area contributed by atoms with Gasteiger partial charge in [-0.15, -0.1) is 0 Å². The van der Waals surface area contributed by atoms with Gasteiger partial charge in [0.15, 0.2) is 5.65 Å². The first-order chi connectivity index (χ1) is 11.3. The summed E-state index contributed by atoms with van der Waals surface area (Å²) in [5.74, 6) is 1.47. The molecule has 0 aliphatic carbocycles. The van der Waals surface area contributed by atoms with Crippen LogP contribution in [0.25, 0.3) is 11.2 Å². The Bertz CT molecular complexity index is 840. The summed E-state index contributed by atoms with van der Waals surface area (Å²) in [7, 11) is 0. The predicted molar refractivity (Wildman–Crippen MR) is 90.8 cm³/mol. The highest BCUT2D eigenvalue weighted by Gasteiger charge is 2.31. The van der Waals surface area contributed by atoms with Crippen molar-refractivity contribution >= 4 is 28.4 Å². The second-order valence-electron chi connectivity index (χ2n) is 5.81. The van der Waals surface area contributed by atoms with Gasteiger partial charge < -0.3 is 9.47 Å². The number of nitrogens with zero attached hydrogens (tertiary/aromatic N) is 4. The van der Waals surface area contributed by atoms with E-state index in [2.05, 4.69) is 16.5 Å². The lowest BCUT2D eigenvalue weighted by Gasteiger charge is -2.16. The van der Waals surface area contributed by atoms with Crippen molar-refractivity contribution in [2.45, 2.75) is 25.8 Å². The molecule has 0 radical (unpaired) electrons. The first-order valence-electron chi connectivity index (χ1n) is 7.90. The lowest BCUT2D eigenvalue weighted by Crippen LogP contribution is -2.28. The number of thiophene rings is 1. The van der Waals surface area contributed by atoms with E-state index in [-0.39, 0.29) is 11.8 Å². The first kappa shape index (κ1) is 14.4. The molecule has 3 aromatic heterocycles. The summed E-state index contributed by atoms with van der Waals surface area (Å²) in [5.41, 5.74) is 2.67. The third-order valence-corrected chi connectivity index (χ3v) is 5.14. The standard InChI is InChI=1S/C17H18N4OS/c1-2-21-15(19-14-4-3-7-18-16(14)21)12-5-8-20(10-12)17(22)13-6-9-23-11-13/h3-4,6-7,9,11-12H,2,5,8,10H2,1H3/t12-/m1/s1. The number of rotatable bonds is 3. The summed E-state index contributed by atoms with van der Waals surface area (Å²) in [5, 5.41) is 3.86. The van der Waals surface area contributed by atoms with Crippen LogP contribution in [0.15, 0.2) is 35.2 Å². The number of aromatic nitrogens is 3. The van der Waals surface area contributed by atoms with Gasteiger partial charge in [-0.25, -0.2) is 9.97 Å². The van der Waals surface area contributed by atoms with Gasteiger partial charge in [-0.2, -0.15) is 11.3 Å². The number of hydrogen-bond donors (Lipinski definition) is 0. The van der Waals surface area contributed by atoms with Crippen molar-refractivity contribution < 1.29 is 4.79 Å². The average Bonchev–Trinajstić information content (AvgIpc) is 3.31. The number of carbonyl (C=O) groups excluding carboxylic acids is 1. The summed E-state index contributed by atoms with van der Waals surface area (Å²) < 4.78 is 2.18. The van der Waals surface area contributed by atoms with Crippen molar-refractivity contribution in [1.82, 2.24) is 19.4 Å². The second-order valence-corrected chi connectivity index (χ2v) is 6.59. The zero-order chi connectivity index (χ0) is 15.8. The fourth-order valence-electron chi connectivity index (χ4n) is 3.32. The van der Waals surface area contributed by atoms with Crippen LogP contribution < -0.4 is 0 Å². The molecule has 4 heterocycles.